The average Bonchev–Trinajstić information content (AvgIpc) is 3.24. The van der Waals surface area contributed by atoms with E-state index in [4.69, 9.17) is 4.74 Å². The van der Waals surface area contributed by atoms with Gasteiger partial charge >= 0.3 is 0 Å². The van der Waals surface area contributed by atoms with Crippen LogP contribution in [-0.4, -0.2) is 53.4 Å². The number of rotatable bonds is 7. The van der Waals surface area contributed by atoms with E-state index in [1.165, 1.54) is 0 Å². The second-order valence-electron chi connectivity index (χ2n) is 7.25. The molecule has 2 aromatic carbocycles. The molecule has 1 saturated heterocycles. The maximum atomic E-state index is 12.8. The van der Waals surface area contributed by atoms with E-state index in [2.05, 4.69) is 27.4 Å². The molecule has 1 aromatic heterocycles. The summed E-state index contributed by atoms with van der Waals surface area (Å²) >= 11 is 0. The van der Waals surface area contributed by atoms with Crippen LogP contribution < -0.4 is 5.32 Å². The summed E-state index contributed by atoms with van der Waals surface area (Å²) < 4.78 is 7.24. The lowest BCUT2D eigenvalue weighted by atomic mass is 10.1. The quantitative estimate of drug-likeness (QED) is 0.674. The smallest absolute Gasteiger partial charge is 0.225 e. The fourth-order valence-electron chi connectivity index (χ4n) is 3.57. The van der Waals surface area contributed by atoms with Gasteiger partial charge in [-0.15, -0.1) is 0 Å². The molecule has 150 valence electrons. The van der Waals surface area contributed by atoms with Crippen LogP contribution in [0, 0.1) is 0 Å². The lowest BCUT2D eigenvalue weighted by Crippen LogP contribution is -2.43. The van der Waals surface area contributed by atoms with Crippen molar-refractivity contribution in [3.63, 3.8) is 0 Å². The summed E-state index contributed by atoms with van der Waals surface area (Å²) in [6.45, 7) is 4.05. The third-order valence-electron chi connectivity index (χ3n) is 5.10. The van der Waals surface area contributed by atoms with Crippen molar-refractivity contribution in [2.24, 2.45) is 0 Å². The van der Waals surface area contributed by atoms with E-state index in [0.29, 0.717) is 6.42 Å². The highest BCUT2D eigenvalue weighted by molar-refractivity contribution is 5.79. The van der Waals surface area contributed by atoms with Crippen molar-refractivity contribution in [2.45, 2.75) is 12.5 Å². The number of para-hydroxylation sites is 1. The molecule has 29 heavy (non-hydrogen) atoms. The molecule has 0 saturated carbocycles. The minimum atomic E-state index is -0.0500. The number of hydrogen-bond acceptors (Lipinski definition) is 4. The van der Waals surface area contributed by atoms with Gasteiger partial charge in [-0.3, -0.25) is 9.69 Å². The number of carbonyl (C=O) groups is 1. The van der Waals surface area contributed by atoms with Crippen molar-refractivity contribution in [3.8, 4) is 5.69 Å². The molecule has 1 aliphatic heterocycles. The number of amides is 1. The minimum Gasteiger partial charge on any atom is -0.379 e. The molecule has 0 aliphatic carbocycles. The van der Waals surface area contributed by atoms with Gasteiger partial charge in [0.25, 0.3) is 0 Å². The van der Waals surface area contributed by atoms with E-state index >= 15 is 0 Å². The number of ether oxygens (including phenoxy) is 1. The number of aromatic nitrogens is 2. The topological polar surface area (TPSA) is 59.4 Å². The SMILES string of the molecule is O=C(Cc1cnn(-c2ccccc2)c1)NC(CN1CCOCC1)c1ccccc1. The van der Waals surface area contributed by atoms with Crippen molar-refractivity contribution >= 4 is 5.91 Å². The molecule has 2 heterocycles. The van der Waals surface area contributed by atoms with E-state index in [-0.39, 0.29) is 11.9 Å². The summed E-state index contributed by atoms with van der Waals surface area (Å²) in [5.41, 5.74) is 2.99. The fraction of sp³-hybridized carbons (Fsp3) is 0.304. The van der Waals surface area contributed by atoms with Crippen molar-refractivity contribution in [1.29, 1.82) is 0 Å². The second-order valence-corrected chi connectivity index (χ2v) is 7.25. The monoisotopic (exact) mass is 390 g/mol. The summed E-state index contributed by atoms with van der Waals surface area (Å²) in [4.78, 5) is 15.1. The van der Waals surface area contributed by atoms with Crippen LogP contribution in [0.3, 0.4) is 0 Å². The third kappa shape index (κ3) is 5.31. The van der Waals surface area contributed by atoms with Crippen molar-refractivity contribution in [3.05, 3.63) is 84.2 Å². The van der Waals surface area contributed by atoms with Gasteiger partial charge in [0.15, 0.2) is 0 Å². The average molecular weight is 390 g/mol. The van der Waals surface area contributed by atoms with Gasteiger partial charge in [0.05, 0.1) is 37.6 Å². The number of nitrogens with one attached hydrogen (secondary N) is 1. The predicted octanol–water partition coefficient (Wildman–Crippen LogP) is 2.60. The van der Waals surface area contributed by atoms with Crippen LogP contribution in [0.15, 0.2) is 73.1 Å². The van der Waals surface area contributed by atoms with Crippen molar-refractivity contribution < 1.29 is 9.53 Å². The molecule has 1 N–H and O–H groups in total. The summed E-state index contributed by atoms with van der Waals surface area (Å²) in [5.74, 6) is -0.000255. The highest BCUT2D eigenvalue weighted by atomic mass is 16.5. The Morgan fingerprint density at radius 3 is 2.45 bits per heavy atom. The first-order valence-electron chi connectivity index (χ1n) is 10.0. The Labute approximate surface area is 171 Å². The Morgan fingerprint density at radius 1 is 1.03 bits per heavy atom. The van der Waals surface area contributed by atoms with Crippen LogP contribution in [-0.2, 0) is 16.0 Å². The molecule has 1 fully saturated rings. The molecule has 1 atom stereocenters. The summed E-state index contributed by atoms with van der Waals surface area (Å²) in [7, 11) is 0. The van der Waals surface area contributed by atoms with E-state index in [9.17, 15) is 4.79 Å². The van der Waals surface area contributed by atoms with Crippen molar-refractivity contribution in [2.75, 3.05) is 32.8 Å². The van der Waals surface area contributed by atoms with Crippen LogP contribution in [0.5, 0.6) is 0 Å². The standard InChI is InChI=1S/C23H26N4O2/c28-23(15-19-16-24-27(17-19)21-9-5-2-6-10-21)25-22(20-7-3-1-4-8-20)18-26-11-13-29-14-12-26/h1-10,16-17,22H,11-15,18H2,(H,25,28). The lowest BCUT2D eigenvalue weighted by Gasteiger charge is -2.31. The first-order chi connectivity index (χ1) is 14.3. The van der Waals surface area contributed by atoms with Crippen LogP contribution in [0.25, 0.3) is 5.69 Å². The summed E-state index contributed by atoms with van der Waals surface area (Å²) in [6.07, 6.45) is 3.97. The summed E-state index contributed by atoms with van der Waals surface area (Å²) in [5, 5.41) is 7.60. The Morgan fingerprint density at radius 2 is 1.72 bits per heavy atom. The van der Waals surface area contributed by atoms with E-state index in [1.54, 1.807) is 10.9 Å². The zero-order chi connectivity index (χ0) is 19.9. The van der Waals surface area contributed by atoms with Gasteiger partial charge in [-0.1, -0.05) is 48.5 Å². The Bertz CT molecular complexity index is 905. The normalized spacial score (nSPS) is 15.7. The molecule has 0 radical (unpaired) electrons. The molecular weight excluding hydrogens is 364 g/mol. The van der Waals surface area contributed by atoms with E-state index in [1.807, 2.05) is 54.7 Å². The van der Waals surface area contributed by atoms with Gasteiger partial charge in [-0.25, -0.2) is 4.68 Å². The fourth-order valence-corrected chi connectivity index (χ4v) is 3.57. The molecule has 1 unspecified atom stereocenters. The zero-order valence-corrected chi connectivity index (χ0v) is 16.4. The maximum absolute atomic E-state index is 12.8. The zero-order valence-electron chi connectivity index (χ0n) is 16.4. The van der Waals surface area contributed by atoms with Gasteiger partial charge in [0.2, 0.25) is 5.91 Å². The second kappa shape index (κ2) is 9.49. The van der Waals surface area contributed by atoms with Crippen LogP contribution >= 0.6 is 0 Å². The Balaban J connectivity index is 1.41. The summed E-state index contributed by atoms with van der Waals surface area (Å²) in [6, 6.07) is 20.0. The highest BCUT2D eigenvalue weighted by Gasteiger charge is 2.20. The molecule has 1 aliphatic rings. The molecule has 0 bridgehead atoms. The van der Waals surface area contributed by atoms with Crippen LogP contribution in [0.1, 0.15) is 17.2 Å². The molecule has 6 nitrogen and oxygen atoms in total. The van der Waals surface area contributed by atoms with Gasteiger partial charge in [-0.2, -0.15) is 5.10 Å². The van der Waals surface area contributed by atoms with Gasteiger partial charge in [0, 0.05) is 25.8 Å². The number of hydrogen-bond donors (Lipinski definition) is 1. The number of morpholine rings is 1. The van der Waals surface area contributed by atoms with Gasteiger partial charge < -0.3 is 10.1 Å². The van der Waals surface area contributed by atoms with E-state index in [0.717, 1.165) is 49.7 Å². The van der Waals surface area contributed by atoms with Crippen molar-refractivity contribution in [1.82, 2.24) is 20.0 Å². The van der Waals surface area contributed by atoms with Gasteiger partial charge in [-0.05, 0) is 23.3 Å². The lowest BCUT2D eigenvalue weighted by molar-refractivity contribution is -0.121. The Hall–Kier alpha value is -2.96. The molecular formula is C23H26N4O2. The molecule has 1 amide bonds. The molecule has 3 aromatic rings. The number of carbonyl (C=O) groups excluding carboxylic acids is 1. The first-order valence-corrected chi connectivity index (χ1v) is 10.0. The maximum Gasteiger partial charge on any atom is 0.225 e. The third-order valence-corrected chi connectivity index (χ3v) is 5.10. The van der Waals surface area contributed by atoms with Crippen LogP contribution in [0.2, 0.25) is 0 Å². The Kier molecular flexibility index (Phi) is 6.34. The predicted molar refractivity (Wildman–Crippen MR) is 112 cm³/mol. The van der Waals surface area contributed by atoms with Gasteiger partial charge in [0.1, 0.15) is 0 Å². The minimum absolute atomic E-state index is 0.000255. The molecule has 4 rings (SSSR count). The highest BCUT2D eigenvalue weighted by Crippen LogP contribution is 2.16. The first kappa shape index (κ1) is 19.4. The molecule has 6 heteroatoms. The largest absolute Gasteiger partial charge is 0.379 e. The number of benzene rings is 2. The number of nitrogens with zero attached hydrogens (tertiary/aromatic N) is 3. The van der Waals surface area contributed by atoms with E-state index < -0.39 is 0 Å². The van der Waals surface area contributed by atoms with Crippen LogP contribution in [0.4, 0.5) is 0 Å². The molecule has 0 spiro atoms.